The zero-order chi connectivity index (χ0) is 18.3. The predicted octanol–water partition coefficient (Wildman–Crippen LogP) is 3.70. The summed E-state index contributed by atoms with van der Waals surface area (Å²) >= 11 is 1.31. The summed E-state index contributed by atoms with van der Waals surface area (Å²) in [6.07, 6.45) is 0. The molecule has 4 aromatic rings. The van der Waals surface area contributed by atoms with E-state index in [2.05, 4.69) is 10.1 Å². The van der Waals surface area contributed by atoms with Crippen LogP contribution in [0.5, 0.6) is 0 Å². The number of nitro benzene ring substituents is 1. The minimum atomic E-state index is -0.486. The second-order valence-corrected chi connectivity index (χ2v) is 6.73. The zero-order valence-electron chi connectivity index (χ0n) is 13.6. The molecule has 0 spiro atoms. The van der Waals surface area contributed by atoms with Crippen LogP contribution < -0.4 is 5.56 Å². The summed E-state index contributed by atoms with van der Waals surface area (Å²) in [5.41, 5.74) is 1.90. The van der Waals surface area contributed by atoms with E-state index in [-0.39, 0.29) is 22.6 Å². The maximum Gasteiger partial charge on any atom is 0.280 e. The van der Waals surface area contributed by atoms with Crippen LogP contribution in [0.3, 0.4) is 0 Å². The largest absolute Gasteiger partial charge is 0.280 e. The van der Waals surface area contributed by atoms with Crippen molar-refractivity contribution in [3.8, 4) is 21.8 Å². The topological polar surface area (TPSA) is 90.4 Å². The summed E-state index contributed by atoms with van der Waals surface area (Å²) < 4.78 is 1.18. The number of fused-ring (bicyclic) bond motifs is 1. The maximum absolute atomic E-state index is 12.4. The fourth-order valence-corrected chi connectivity index (χ4v) is 3.56. The average Bonchev–Trinajstić information content (AvgIpc) is 3.07. The number of aromatic nitrogens is 3. The third-order valence-corrected chi connectivity index (χ3v) is 4.94. The van der Waals surface area contributed by atoms with Gasteiger partial charge in [-0.15, -0.1) is 5.10 Å². The van der Waals surface area contributed by atoms with Crippen molar-refractivity contribution in [2.45, 2.75) is 6.92 Å². The van der Waals surface area contributed by atoms with E-state index in [4.69, 9.17) is 0 Å². The second-order valence-electron chi connectivity index (χ2n) is 5.72. The molecular formula is C18H12N4O3S. The van der Waals surface area contributed by atoms with Crippen molar-refractivity contribution in [3.05, 3.63) is 80.6 Å². The Morgan fingerprint density at radius 1 is 1.12 bits per heavy atom. The molecule has 0 fully saturated rings. The van der Waals surface area contributed by atoms with E-state index in [1.54, 1.807) is 18.2 Å². The molecule has 0 radical (unpaired) electrons. The molecule has 128 valence electrons. The van der Waals surface area contributed by atoms with Gasteiger partial charge >= 0.3 is 0 Å². The standard InChI is InChI=1S/C18H12N4O3S/c1-11-6-8-12(9-7-11)15-10-16(23)21-18(26-15)19-17(20-21)13-4-2-3-5-14(13)22(24)25/h2-10H,1H3. The molecule has 26 heavy (non-hydrogen) atoms. The Bertz CT molecular complexity index is 1200. The van der Waals surface area contributed by atoms with Gasteiger partial charge in [-0.3, -0.25) is 14.9 Å². The highest BCUT2D eigenvalue weighted by Gasteiger charge is 2.19. The minimum absolute atomic E-state index is 0.0976. The molecule has 0 amide bonds. The summed E-state index contributed by atoms with van der Waals surface area (Å²) in [6.45, 7) is 1.99. The zero-order valence-corrected chi connectivity index (χ0v) is 14.4. The minimum Gasteiger partial charge on any atom is -0.267 e. The van der Waals surface area contributed by atoms with Crippen LogP contribution in [0.15, 0.2) is 59.4 Å². The highest BCUT2D eigenvalue weighted by molar-refractivity contribution is 7.19. The van der Waals surface area contributed by atoms with Crippen LogP contribution in [0.25, 0.3) is 26.8 Å². The molecule has 0 aliphatic carbocycles. The van der Waals surface area contributed by atoms with Gasteiger partial charge in [-0.2, -0.15) is 9.50 Å². The Balaban J connectivity index is 1.89. The molecule has 4 rings (SSSR count). The van der Waals surface area contributed by atoms with Crippen molar-refractivity contribution in [3.63, 3.8) is 0 Å². The first-order chi connectivity index (χ1) is 12.5. The van der Waals surface area contributed by atoms with Gasteiger partial charge in [0, 0.05) is 17.0 Å². The first-order valence-corrected chi connectivity index (χ1v) is 8.56. The molecule has 7 nitrogen and oxygen atoms in total. The number of nitro groups is 1. The number of hydrogen-bond acceptors (Lipinski definition) is 6. The van der Waals surface area contributed by atoms with Gasteiger partial charge in [0.25, 0.3) is 11.2 Å². The van der Waals surface area contributed by atoms with Gasteiger partial charge in [0.15, 0.2) is 5.82 Å². The van der Waals surface area contributed by atoms with Crippen LogP contribution in [0, 0.1) is 17.0 Å². The molecule has 0 saturated heterocycles. The Morgan fingerprint density at radius 2 is 1.85 bits per heavy atom. The second kappa shape index (κ2) is 6.16. The van der Waals surface area contributed by atoms with Gasteiger partial charge < -0.3 is 0 Å². The third kappa shape index (κ3) is 2.76. The number of para-hydroxylation sites is 1. The predicted molar refractivity (Wildman–Crippen MR) is 99.4 cm³/mol. The lowest BCUT2D eigenvalue weighted by molar-refractivity contribution is -0.384. The van der Waals surface area contributed by atoms with Crippen molar-refractivity contribution < 1.29 is 4.92 Å². The van der Waals surface area contributed by atoms with Crippen molar-refractivity contribution >= 4 is 22.0 Å². The van der Waals surface area contributed by atoms with E-state index in [1.807, 2.05) is 31.2 Å². The summed E-state index contributed by atoms with van der Waals surface area (Å²) in [4.78, 5) is 28.7. The maximum atomic E-state index is 12.4. The molecule has 2 aromatic heterocycles. The average molecular weight is 364 g/mol. The number of hydrogen-bond donors (Lipinski definition) is 0. The van der Waals surface area contributed by atoms with E-state index < -0.39 is 4.92 Å². The lowest BCUT2D eigenvalue weighted by atomic mass is 10.1. The van der Waals surface area contributed by atoms with Gasteiger partial charge in [0.1, 0.15) is 0 Å². The monoisotopic (exact) mass is 364 g/mol. The molecule has 0 aliphatic heterocycles. The summed E-state index contributed by atoms with van der Waals surface area (Å²) in [5.74, 6) is 0.159. The first kappa shape index (κ1) is 16.1. The van der Waals surface area contributed by atoms with Gasteiger partial charge in [-0.05, 0) is 18.6 Å². The fourth-order valence-electron chi connectivity index (χ4n) is 2.60. The van der Waals surface area contributed by atoms with Crippen LogP contribution in [-0.4, -0.2) is 19.5 Å². The first-order valence-electron chi connectivity index (χ1n) is 7.75. The molecule has 2 heterocycles. The van der Waals surface area contributed by atoms with Crippen LogP contribution in [0.2, 0.25) is 0 Å². The van der Waals surface area contributed by atoms with Crippen molar-refractivity contribution in [2.24, 2.45) is 0 Å². The van der Waals surface area contributed by atoms with Crippen LogP contribution in [0.1, 0.15) is 5.56 Å². The van der Waals surface area contributed by atoms with Crippen LogP contribution in [-0.2, 0) is 0 Å². The SMILES string of the molecule is Cc1ccc(-c2cc(=O)n3nc(-c4ccccc4[N+](=O)[O-])nc3s2)cc1. The smallest absolute Gasteiger partial charge is 0.267 e. The van der Waals surface area contributed by atoms with Crippen LogP contribution >= 0.6 is 11.3 Å². The Labute approximate surface area is 151 Å². The molecular weight excluding hydrogens is 352 g/mol. The Morgan fingerprint density at radius 3 is 2.58 bits per heavy atom. The Hall–Kier alpha value is -3.39. The van der Waals surface area contributed by atoms with E-state index in [0.717, 1.165) is 16.0 Å². The molecule has 0 atom stereocenters. The molecule has 0 N–H and O–H groups in total. The van der Waals surface area contributed by atoms with Crippen molar-refractivity contribution in [2.75, 3.05) is 0 Å². The van der Waals surface area contributed by atoms with E-state index in [0.29, 0.717) is 4.96 Å². The fraction of sp³-hybridized carbons (Fsp3) is 0.0556. The van der Waals surface area contributed by atoms with Gasteiger partial charge in [0.2, 0.25) is 4.96 Å². The number of rotatable bonds is 3. The molecule has 2 aromatic carbocycles. The van der Waals surface area contributed by atoms with E-state index in [9.17, 15) is 14.9 Å². The summed E-state index contributed by atoms with van der Waals surface area (Å²) in [5, 5.41) is 15.4. The Kier molecular flexibility index (Phi) is 3.81. The molecule has 0 bridgehead atoms. The van der Waals surface area contributed by atoms with E-state index in [1.165, 1.54) is 28.0 Å². The molecule has 0 aliphatic rings. The third-order valence-electron chi connectivity index (χ3n) is 3.92. The quantitative estimate of drug-likeness (QED) is 0.408. The normalized spacial score (nSPS) is 11.0. The van der Waals surface area contributed by atoms with Gasteiger partial charge in [0.05, 0.1) is 10.5 Å². The van der Waals surface area contributed by atoms with Crippen LogP contribution in [0.4, 0.5) is 5.69 Å². The number of benzene rings is 2. The highest BCUT2D eigenvalue weighted by atomic mass is 32.1. The number of nitrogens with zero attached hydrogens (tertiary/aromatic N) is 4. The van der Waals surface area contributed by atoms with E-state index >= 15 is 0 Å². The van der Waals surface area contributed by atoms with Crippen molar-refractivity contribution in [1.29, 1.82) is 0 Å². The molecule has 0 saturated carbocycles. The summed E-state index contributed by atoms with van der Waals surface area (Å²) in [6, 6.07) is 15.5. The lowest BCUT2D eigenvalue weighted by Crippen LogP contribution is -2.11. The van der Waals surface area contributed by atoms with Crippen molar-refractivity contribution in [1.82, 2.24) is 14.6 Å². The lowest BCUT2D eigenvalue weighted by Gasteiger charge is -2.00. The molecule has 0 unspecified atom stereocenters. The molecule has 8 heteroatoms. The summed E-state index contributed by atoms with van der Waals surface area (Å²) in [7, 11) is 0. The van der Waals surface area contributed by atoms with Gasteiger partial charge in [-0.25, -0.2) is 0 Å². The number of aryl methyl sites for hydroxylation is 1. The van der Waals surface area contributed by atoms with Gasteiger partial charge in [-0.1, -0.05) is 53.3 Å². The highest BCUT2D eigenvalue weighted by Crippen LogP contribution is 2.29.